The summed E-state index contributed by atoms with van der Waals surface area (Å²) in [5.74, 6) is 0.864. The normalized spacial score (nSPS) is 15.9. The SMILES string of the molecule is CCCC(C)NC(=O)C(C)Oc1ccc2c(c1)OCC2=O. The average molecular weight is 291 g/mol. The summed E-state index contributed by atoms with van der Waals surface area (Å²) in [6.45, 7) is 5.83. The number of rotatable bonds is 6. The number of ketones is 1. The van der Waals surface area contributed by atoms with Crippen molar-refractivity contribution in [3.8, 4) is 11.5 Å². The third-order valence-electron chi connectivity index (χ3n) is 3.40. The van der Waals surface area contributed by atoms with Crippen molar-refractivity contribution in [1.29, 1.82) is 0 Å². The molecule has 114 valence electrons. The molecule has 1 amide bonds. The van der Waals surface area contributed by atoms with Crippen LogP contribution in [0, 0.1) is 0 Å². The van der Waals surface area contributed by atoms with Gasteiger partial charge in [0.15, 0.2) is 12.7 Å². The zero-order chi connectivity index (χ0) is 15.4. The molecule has 21 heavy (non-hydrogen) atoms. The molecular formula is C16H21NO4. The Bertz CT molecular complexity index is 541. The van der Waals surface area contributed by atoms with Crippen LogP contribution in [0.15, 0.2) is 18.2 Å². The van der Waals surface area contributed by atoms with E-state index in [9.17, 15) is 9.59 Å². The van der Waals surface area contributed by atoms with Crippen LogP contribution < -0.4 is 14.8 Å². The van der Waals surface area contributed by atoms with Crippen molar-refractivity contribution >= 4 is 11.7 Å². The maximum Gasteiger partial charge on any atom is 0.260 e. The van der Waals surface area contributed by atoms with Gasteiger partial charge in [0.25, 0.3) is 5.91 Å². The maximum atomic E-state index is 12.0. The molecule has 2 rings (SSSR count). The molecule has 2 atom stereocenters. The van der Waals surface area contributed by atoms with Crippen molar-refractivity contribution in [2.24, 2.45) is 0 Å². The van der Waals surface area contributed by atoms with E-state index in [1.807, 2.05) is 6.92 Å². The maximum absolute atomic E-state index is 12.0. The number of fused-ring (bicyclic) bond motifs is 1. The van der Waals surface area contributed by atoms with Gasteiger partial charge in [0, 0.05) is 12.1 Å². The van der Waals surface area contributed by atoms with Crippen molar-refractivity contribution in [2.45, 2.75) is 45.8 Å². The minimum absolute atomic E-state index is 0.0317. The molecule has 0 spiro atoms. The Labute approximate surface area is 124 Å². The van der Waals surface area contributed by atoms with Gasteiger partial charge in [-0.2, -0.15) is 0 Å². The first-order valence-electron chi connectivity index (χ1n) is 7.28. The number of carbonyl (C=O) groups is 2. The van der Waals surface area contributed by atoms with Gasteiger partial charge in [-0.3, -0.25) is 9.59 Å². The molecular weight excluding hydrogens is 270 g/mol. The van der Waals surface area contributed by atoms with Crippen LogP contribution in [-0.4, -0.2) is 30.4 Å². The van der Waals surface area contributed by atoms with E-state index in [-0.39, 0.29) is 24.3 Å². The lowest BCUT2D eigenvalue weighted by atomic mass is 10.1. The summed E-state index contributed by atoms with van der Waals surface area (Å²) in [4.78, 5) is 23.5. The summed E-state index contributed by atoms with van der Waals surface area (Å²) in [5, 5.41) is 2.91. The van der Waals surface area contributed by atoms with Gasteiger partial charge >= 0.3 is 0 Å². The molecule has 0 aromatic heterocycles. The van der Waals surface area contributed by atoms with E-state index in [1.54, 1.807) is 25.1 Å². The van der Waals surface area contributed by atoms with Gasteiger partial charge < -0.3 is 14.8 Å². The Balaban J connectivity index is 1.95. The first-order chi connectivity index (χ1) is 10.0. The van der Waals surface area contributed by atoms with Crippen LogP contribution in [0.5, 0.6) is 11.5 Å². The largest absolute Gasteiger partial charge is 0.485 e. The van der Waals surface area contributed by atoms with Crippen LogP contribution in [0.25, 0.3) is 0 Å². The predicted molar refractivity (Wildman–Crippen MR) is 78.9 cm³/mol. The smallest absolute Gasteiger partial charge is 0.260 e. The van der Waals surface area contributed by atoms with Crippen molar-refractivity contribution in [1.82, 2.24) is 5.32 Å². The standard InChI is InChI=1S/C16H21NO4/c1-4-5-10(2)17-16(19)11(3)21-12-6-7-13-14(18)9-20-15(13)8-12/h6-8,10-11H,4-5,9H2,1-3H3,(H,17,19). The van der Waals surface area contributed by atoms with Gasteiger partial charge in [-0.05, 0) is 32.4 Å². The molecule has 1 aromatic rings. The first kappa shape index (κ1) is 15.4. The number of nitrogens with one attached hydrogen (secondary N) is 1. The highest BCUT2D eigenvalue weighted by Gasteiger charge is 2.22. The molecule has 0 radical (unpaired) electrons. The van der Waals surface area contributed by atoms with Crippen LogP contribution in [0.3, 0.4) is 0 Å². The topological polar surface area (TPSA) is 64.6 Å². The quantitative estimate of drug-likeness (QED) is 0.873. The highest BCUT2D eigenvalue weighted by molar-refractivity contribution is 6.02. The van der Waals surface area contributed by atoms with E-state index in [0.29, 0.717) is 17.1 Å². The molecule has 1 aliphatic rings. The van der Waals surface area contributed by atoms with E-state index in [4.69, 9.17) is 9.47 Å². The molecule has 1 aliphatic heterocycles. The van der Waals surface area contributed by atoms with Crippen LogP contribution in [0.4, 0.5) is 0 Å². The second-order valence-electron chi connectivity index (χ2n) is 5.33. The van der Waals surface area contributed by atoms with Gasteiger partial charge in [-0.25, -0.2) is 0 Å². The molecule has 1 N–H and O–H groups in total. The summed E-state index contributed by atoms with van der Waals surface area (Å²) in [7, 11) is 0. The number of benzene rings is 1. The molecule has 0 saturated heterocycles. The van der Waals surface area contributed by atoms with Crippen molar-refractivity contribution < 1.29 is 19.1 Å². The van der Waals surface area contributed by atoms with E-state index >= 15 is 0 Å². The van der Waals surface area contributed by atoms with Gasteiger partial charge in [0.05, 0.1) is 5.56 Å². The van der Waals surface area contributed by atoms with Crippen LogP contribution >= 0.6 is 0 Å². The summed E-state index contributed by atoms with van der Waals surface area (Å²) in [5.41, 5.74) is 0.566. The van der Waals surface area contributed by atoms with Crippen molar-refractivity contribution in [2.75, 3.05) is 6.61 Å². The lowest BCUT2D eigenvalue weighted by Crippen LogP contribution is -2.41. The minimum atomic E-state index is -0.598. The highest BCUT2D eigenvalue weighted by atomic mass is 16.5. The Hall–Kier alpha value is -2.04. The van der Waals surface area contributed by atoms with Crippen LogP contribution in [0.1, 0.15) is 44.0 Å². The Morgan fingerprint density at radius 1 is 1.43 bits per heavy atom. The fraction of sp³-hybridized carbons (Fsp3) is 0.500. The first-order valence-corrected chi connectivity index (χ1v) is 7.28. The van der Waals surface area contributed by atoms with Gasteiger partial charge in [-0.15, -0.1) is 0 Å². The van der Waals surface area contributed by atoms with Crippen molar-refractivity contribution in [3.05, 3.63) is 23.8 Å². The lowest BCUT2D eigenvalue weighted by molar-refractivity contribution is -0.127. The van der Waals surface area contributed by atoms with Crippen LogP contribution in [0.2, 0.25) is 0 Å². The molecule has 2 unspecified atom stereocenters. The number of carbonyl (C=O) groups excluding carboxylic acids is 2. The zero-order valence-electron chi connectivity index (χ0n) is 12.6. The Morgan fingerprint density at radius 2 is 2.19 bits per heavy atom. The number of Topliss-reactive ketones (excluding diaryl/α,β-unsaturated/α-hetero) is 1. The molecule has 1 heterocycles. The monoisotopic (exact) mass is 291 g/mol. The Kier molecular flexibility index (Phi) is 4.83. The van der Waals surface area contributed by atoms with Gasteiger partial charge in [-0.1, -0.05) is 13.3 Å². The highest BCUT2D eigenvalue weighted by Crippen LogP contribution is 2.29. The summed E-state index contributed by atoms with van der Waals surface area (Å²) in [6, 6.07) is 5.14. The second-order valence-corrected chi connectivity index (χ2v) is 5.33. The molecule has 5 nitrogen and oxygen atoms in total. The van der Waals surface area contributed by atoms with Crippen LogP contribution in [-0.2, 0) is 4.79 Å². The van der Waals surface area contributed by atoms with E-state index < -0.39 is 6.10 Å². The zero-order valence-corrected chi connectivity index (χ0v) is 12.6. The number of amides is 1. The molecule has 1 aromatic carbocycles. The van der Waals surface area contributed by atoms with E-state index in [0.717, 1.165) is 12.8 Å². The predicted octanol–water partition coefficient (Wildman–Crippen LogP) is 2.33. The summed E-state index contributed by atoms with van der Waals surface area (Å²) < 4.78 is 10.9. The fourth-order valence-electron chi connectivity index (χ4n) is 2.27. The van der Waals surface area contributed by atoms with Gasteiger partial charge in [0.2, 0.25) is 5.78 Å². The second kappa shape index (κ2) is 6.61. The number of ether oxygens (including phenoxy) is 2. The van der Waals surface area contributed by atoms with E-state index in [1.165, 1.54) is 0 Å². The number of hydrogen-bond donors (Lipinski definition) is 1. The van der Waals surface area contributed by atoms with Crippen molar-refractivity contribution in [3.63, 3.8) is 0 Å². The summed E-state index contributed by atoms with van der Waals surface area (Å²) in [6.07, 6.45) is 1.36. The van der Waals surface area contributed by atoms with E-state index in [2.05, 4.69) is 12.2 Å². The van der Waals surface area contributed by atoms with Gasteiger partial charge in [0.1, 0.15) is 11.5 Å². The molecule has 0 fully saturated rings. The molecule has 5 heteroatoms. The molecule has 0 bridgehead atoms. The lowest BCUT2D eigenvalue weighted by Gasteiger charge is -2.18. The fourth-order valence-corrected chi connectivity index (χ4v) is 2.27. The third kappa shape index (κ3) is 3.74. The third-order valence-corrected chi connectivity index (χ3v) is 3.40. The minimum Gasteiger partial charge on any atom is -0.485 e. The Morgan fingerprint density at radius 3 is 2.90 bits per heavy atom. The number of hydrogen-bond acceptors (Lipinski definition) is 4. The average Bonchev–Trinajstić information content (AvgIpc) is 2.80. The molecule has 0 aliphatic carbocycles. The molecule has 0 saturated carbocycles. The summed E-state index contributed by atoms with van der Waals surface area (Å²) >= 11 is 0.